The maximum Gasteiger partial charge on any atom is 0.0339 e. The largest absolute Gasteiger partial charge is 0.314 e. The minimum absolute atomic E-state index is 1.09. The Bertz CT molecular complexity index is 99.7. The summed E-state index contributed by atoms with van der Waals surface area (Å²) in [6.45, 7) is 7.05. The Hall–Kier alpha value is -0.500. The van der Waals surface area contributed by atoms with Crippen molar-refractivity contribution in [3.05, 3.63) is 12.8 Å². The summed E-state index contributed by atoms with van der Waals surface area (Å²) in [7, 11) is 4.07. The van der Waals surface area contributed by atoms with E-state index in [1.54, 1.807) is 0 Å². The molecule has 0 atom stereocenters. The van der Waals surface area contributed by atoms with E-state index >= 15 is 0 Å². The second-order valence-corrected chi connectivity index (χ2v) is 2.90. The summed E-state index contributed by atoms with van der Waals surface area (Å²) in [5, 5.41) is 4.18. The average Bonchev–Trinajstić information content (AvgIpc) is 1.97. The summed E-state index contributed by atoms with van der Waals surface area (Å²) in [5.74, 6) is 0. The van der Waals surface area contributed by atoms with Crippen molar-refractivity contribution in [1.29, 1.82) is 0 Å². The van der Waals surface area contributed by atoms with E-state index in [4.69, 9.17) is 0 Å². The van der Waals surface area contributed by atoms with Gasteiger partial charge in [0.1, 0.15) is 0 Å². The average molecular weight is 156 g/mol. The van der Waals surface area contributed by atoms with Crippen LogP contribution in [0, 0.1) is 0 Å². The molecule has 0 spiro atoms. The smallest absolute Gasteiger partial charge is 0.0339 e. The predicted molar refractivity (Wildman–Crippen MR) is 50.1 cm³/mol. The van der Waals surface area contributed by atoms with E-state index in [1.165, 1.54) is 19.3 Å². The summed E-state index contributed by atoms with van der Waals surface area (Å²) in [6.07, 6.45) is 5.70. The molecule has 11 heavy (non-hydrogen) atoms. The van der Waals surface area contributed by atoms with Gasteiger partial charge in [0.2, 0.25) is 0 Å². The van der Waals surface area contributed by atoms with Crippen LogP contribution in [0.4, 0.5) is 0 Å². The fourth-order valence-electron chi connectivity index (χ4n) is 0.978. The topological polar surface area (TPSA) is 6.48 Å². The lowest BCUT2D eigenvalue weighted by atomic mass is 10.2. The Kier molecular flexibility index (Phi) is 5.94. The zero-order chi connectivity index (χ0) is 8.69. The van der Waals surface area contributed by atoms with Crippen LogP contribution in [0.25, 0.3) is 0 Å². The number of unbranched alkanes of at least 4 members (excludes halogenated alkanes) is 2. The van der Waals surface area contributed by atoms with Gasteiger partial charge >= 0.3 is 0 Å². The minimum atomic E-state index is 1.09. The van der Waals surface area contributed by atoms with E-state index in [2.05, 4.69) is 23.5 Å². The highest BCUT2D eigenvalue weighted by molar-refractivity contribution is 4.66. The van der Waals surface area contributed by atoms with Crippen LogP contribution in [0.5, 0.6) is 0 Å². The fraction of sp³-hybridized carbons (Fsp3) is 0.778. The first-order chi connectivity index (χ1) is 5.22. The van der Waals surface area contributed by atoms with Crippen molar-refractivity contribution in [3.8, 4) is 0 Å². The Morgan fingerprint density at radius 3 is 2.27 bits per heavy atom. The van der Waals surface area contributed by atoms with Crippen LogP contribution in [0.15, 0.2) is 12.8 Å². The third-order valence-corrected chi connectivity index (χ3v) is 1.72. The zero-order valence-corrected chi connectivity index (χ0v) is 8.01. The van der Waals surface area contributed by atoms with Crippen molar-refractivity contribution in [2.45, 2.75) is 26.2 Å². The van der Waals surface area contributed by atoms with Gasteiger partial charge < -0.3 is 5.01 Å². The molecule has 0 radical (unpaired) electrons. The van der Waals surface area contributed by atoms with Crippen molar-refractivity contribution in [2.75, 3.05) is 20.6 Å². The van der Waals surface area contributed by atoms with Gasteiger partial charge in [-0.1, -0.05) is 26.3 Å². The van der Waals surface area contributed by atoms with Crippen LogP contribution in [-0.4, -0.2) is 30.7 Å². The first-order valence-electron chi connectivity index (χ1n) is 4.28. The summed E-state index contributed by atoms with van der Waals surface area (Å²) >= 11 is 0. The molecule has 2 heteroatoms. The van der Waals surface area contributed by atoms with Crippen LogP contribution in [0.2, 0.25) is 0 Å². The Labute approximate surface area is 70.5 Å². The van der Waals surface area contributed by atoms with Crippen LogP contribution >= 0.6 is 0 Å². The van der Waals surface area contributed by atoms with Gasteiger partial charge in [-0.05, 0) is 6.42 Å². The van der Waals surface area contributed by atoms with Gasteiger partial charge in [-0.3, -0.25) is 0 Å². The monoisotopic (exact) mass is 156 g/mol. The molecule has 0 N–H and O–H groups in total. The molecule has 0 rings (SSSR count). The normalized spacial score (nSPS) is 10.2. The molecule has 0 aliphatic heterocycles. The van der Waals surface area contributed by atoms with E-state index < -0.39 is 0 Å². The quantitative estimate of drug-likeness (QED) is 0.429. The van der Waals surface area contributed by atoms with Gasteiger partial charge in [0, 0.05) is 26.8 Å². The molecule has 0 aliphatic rings. The van der Waals surface area contributed by atoms with Crippen LogP contribution in [0.3, 0.4) is 0 Å². The first kappa shape index (κ1) is 10.5. The van der Waals surface area contributed by atoms with Gasteiger partial charge in [0.05, 0.1) is 0 Å². The molecule has 0 heterocycles. The minimum Gasteiger partial charge on any atom is -0.314 e. The number of hydrazine groups is 1. The molecule has 0 aromatic heterocycles. The van der Waals surface area contributed by atoms with E-state index in [-0.39, 0.29) is 0 Å². The second-order valence-electron chi connectivity index (χ2n) is 2.90. The number of nitrogens with zero attached hydrogens (tertiary/aromatic N) is 2. The fourth-order valence-corrected chi connectivity index (χ4v) is 0.978. The summed E-state index contributed by atoms with van der Waals surface area (Å²) < 4.78 is 0. The third kappa shape index (κ3) is 4.85. The molecule has 0 amide bonds. The highest BCUT2D eigenvalue weighted by Crippen LogP contribution is 1.99. The molecule has 0 aliphatic carbocycles. The summed E-state index contributed by atoms with van der Waals surface area (Å²) in [6, 6.07) is 0. The van der Waals surface area contributed by atoms with Crippen molar-refractivity contribution >= 4 is 0 Å². The Morgan fingerprint density at radius 1 is 1.27 bits per heavy atom. The molecule has 0 saturated heterocycles. The van der Waals surface area contributed by atoms with Gasteiger partial charge in [-0.25, -0.2) is 5.01 Å². The number of rotatable bonds is 6. The number of hydrogen-bond donors (Lipinski definition) is 0. The van der Waals surface area contributed by atoms with Crippen molar-refractivity contribution in [1.82, 2.24) is 10.0 Å². The van der Waals surface area contributed by atoms with Crippen LogP contribution in [-0.2, 0) is 0 Å². The molecule has 0 aromatic carbocycles. The maximum atomic E-state index is 3.75. The van der Waals surface area contributed by atoms with Gasteiger partial charge in [-0.2, -0.15) is 0 Å². The predicted octanol–water partition coefficient (Wildman–Crippen LogP) is 2.10. The van der Waals surface area contributed by atoms with E-state index in [0.29, 0.717) is 0 Å². The van der Waals surface area contributed by atoms with E-state index in [1.807, 2.05) is 20.3 Å². The lowest BCUT2D eigenvalue weighted by molar-refractivity contribution is 0.0810. The lowest BCUT2D eigenvalue weighted by Crippen LogP contribution is -2.32. The standard InChI is InChI=1S/C9H20N2/c1-5-7-8-9-11(6-2)10(3)4/h6H,2,5,7-9H2,1,3-4H3. The van der Waals surface area contributed by atoms with Gasteiger partial charge in [0.25, 0.3) is 0 Å². The molecular formula is C9H20N2. The SMILES string of the molecule is C=CN(CCCCC)N(C)C. The highest BCUT2D eigenvalue weighted by Gasteiger charge is 1.98. The second kappa shape index (κ2) is 6.23. The summed E-state index contributed by atoms with van der Waals surface area (Å²) in [5.41, 5.74) is 0. The van der Waals surface area contributed by atoms with Gasteiger partial charge in [-0.15, -0.1) is 0 Å². The van der Waals surface area contributed by atoms with Gasteiger partial charge in [0.15, 0.2) is 0 Å². The lowest BCUT2D eigenvalue weighted by Gasteiger charge is -2.26. The zero-order valence-electron chi connectivity index (χ0n) is 8.01. The van der Waals surface area contributed by atoms with Crippen molar-refractivity contribution in [3.63, 3.8) is 0 Å². The van der Waals surface area contributed by atoms with E-state index in [9.17, 15) is 0 Å². The van der Waals surface area contributed by atoms with Crippen LogP contribution < -0.4 is 0 Å². The molecule has 0 fully saturated rings. The highest BCUT2D eigenvalue weighted by atomic mass is 15.6. The van der Waals surface area contributed by atoms with Crippen molar-refractivity contribution < 1.29 is 0 Å². The molecule has 0 unspecified atom stereocenters. The molecule has 0 saturated carbocycles. The maximum absolute atomic E-state index is 3.75. The number of hydrogen-bond acceptors (Lipinski definition) is 2. The third-order valence-electron chi connectivity index (χ3n) is 1.72. The Balaban J connectivity index is 3.44. The molecule has 0 bridgehead atoms. The molecule has 66 valence electrons. The summed E-state index contributed by atoms with van der Waals surface area (Å²) in [4.78, 5) is 0. The molecule has 2 nitrogen and oxygen atoms in total. The molecule has 0 aromatic rings. The molecular weight excluding hydrogens is 136 g/mol. The van der Waals surface area contributed by atoms with Crippen LogP contribution in [0.1, 0.15) is 26.2 Å². The Morgan fingerprint density at radius 2 is 1.91 bits per heavy atom. The first-order valence-corrected chi connectivity index (χ1v) is 4.28. The van der Waals surface area contributed by atoms with Crippen molar-refractivity contribution in [2.24, 2.45) is 0 Å². The van der Waals surface area contributed by atoms with E-state index in [0.717, 1.165) is 6.54 Å².